The highest BCUT2D eigenvalue weighted by Gasteiger charge is 2.34. The van der Waals surface area contributed by atoms with Gasteiger partial charge in [0.05, 0.1) is 5.92 Å². The summed E-state index contributed by atoms with van der Waals surface area (Å²) in [5.74, 6) is -0.0813. The number of rotatable bonds is 4. The van der Waals surface area contributed by atoms with Crippen LogP contribution >= 0.6 is 0 Å². The largest absolute Gasteiger partial charge is 0.352 e. The van der Waals surface area contributed by atoms with Crippen molar-refractivity contribution in [3.8, 4) is 0 Å². The van der Waals surface area contributed by atoms with Gasteiger partial charge in [0.25, 0.3) is 0 Å². The molecule has 2 aliphatic heterocycles. The van der Waals surface area contributed by atoms with Gasteiger partial charge < -0.3 is 10.2 Å². The van der Waals surface area contributed by atoms with Gasteiger partial charge in [0, 0.05) is 45.7 Å². The lowest BCUT2D eigenvalue weighted by molar-refractivity contribution is -0.128. The second-order valence-electron chi connectivity index (χ2n) is 6.39. The zero-order chi connectivity index (χ0) is 15.5. The summed E-state index contributed by atoms with van der Waals surface area (Å²) in [5.41, 5.74) is 1.30. The van der Waals surface area contributed by atoms with Crippen LogP contribution in [-0.2, 0) is 16.1 Å². The van der Waals surface area contributed by atoms with Crippen LogP contribution in [0.15, 0.2) is 30.3 Å². The van der Waals surface area contributed by atoms with Crippen molar-refractivity contribution in [3.05, 3.63) is 35.9 Å². The van der Waals surface area contributed by atoms with E-state index in [1.807, 2.05) is 6.07 Å². The van der Waals surface area contributed by atoms with E-state index >= 15 is 0 Å². The number of nitrogens with one attached hydrogen (secondary N) is 1. The molecule has 0 aromatic heterocycles. The zero-order valence-electron chi connectivity index (χ0n) is 13.0. The summed E-state index contributed by atoms with van der Waals surface area (Å²) in [7, 11) is 1.76. The maximum atomic E-state index is 12.2. The number of likely N-dealkylation sites (tertiary alicyclic amines) is 2. The van der Waals surface area contributed by atoms with Gasteiger partial charge in [-0.2, -0.15) is 0 Å². The molecular weight excluding hydrogens is 278 g/mol. The quantitative estimate of drug-likeness (QED) is 0.897. The van der Waals surface area contributed by atoms with Crippen LogP contribution in [0.25, 0.3) is 0 Å². The summed E-state index contributed by atoms with van der Waals surface area (Å²) in [4.78, 5) is 27.8. The van der Waals surface area contributed by atoms with E-state index in [2.05, 4.69) is 34.5 Å². The lowest BCUT2D eigenvalue weighted by Crippen LogP contribution is -2.41. The van der Waals surface area contributed by atoms with Gasteiger partial charge in [0.15, 0.2) is 0 Å². The van der Waals surface area contributed by atoms with Crippen molar-refractivity contribution < 1.29 is 9.59 Å². The molecule has 2 fully saturated rings. The van der Waals surface area contributed by atoms with Crippen molar-refractivity contribution in [2.45, 2.75) is 25.4 Å². The van der Waals surface area contributed by atoms with Crippen molar-refractivity contribution >= 4 is 11.8 Å². The van der Waals surface area contributed by atoms with Crippen LogP contribution in [0.3, 0.4) is 0 Å². The van der Waals surface area contributed by atoms with E-state index in [-0.39, 0.29) is 23.8 Å². The van der Waals surface area contributed by atoms with Crippen molar-refractivity contribution in [1.82, 2.24) is 15.1 Å². The number of nitrogens with zero attached hydrogens (tertiary/aromatic N) is 2. The molecule has 0 radical (unpaired) electrons. The van der Waals surface area contributed by atoms with Crippen LogP contribution in [0.2, 0.25) is 0 Å². The van der Waals surface area contributed by atoms with Gasteiger partial charge >= 0.3 is 0 Å². The summed E-state index contributed by atoms with van der Waals surface area (Å²) in [6.45, 7) is 3.36. The molecule has 5 nitrogen and oxygen atoms in total. The molecule has 2 aliphatic rings. The molecule has 0 spiro atoms. The fourth-order valence-electron chi connectivity index (χ4n) is 3.29. The second kappa shape index (κ2) is 6.48. The van der Waals surface area contributed by atoms with Crippen LogP contribution < -0.4 is 5.32 Å². The summed E-state index contributed by atoms with van der Waals surface area (Å²) in [6.07, 6.45) is 1.33. The second-order valence-corrected chi connectivity index (χ2v) is 6.39. The molecule has 0 bridgehead atoms. The highest BCUT2D eigenvalue weighted by molar-refractivity contribution is 5.89. The average molecular weight is 301 g/mol. The van der Waals surface area contributed by atoms with Crippen LogP contribution in [0.4, 0.5) is 0 Å². The molecule has 5 heteroatoms. The van der Waals surface area contributed by atoms with Crippen LogP contribution in [0, 0.1) is 5.92 Å². The Bertz CT molecular complexity index is 546. The first-order valence-electron chi connectivity index (χ1n) is 7.92. The molecular formula is C17H23N3O2. The Balaban J connectivity index is 1.47. The number of hydrogen-bond donors (Lipinski definition) is 1. The number of carbonyl (C=O) groups excluding carboxylic acids is 2. The topological polar surface area (TPSA) is 52.7 Å². The number of benzene rings is 1. The Labute approximate surface area is 131 Å². The van der Waals surface area contributed by atoms with E-state index in [0.29, 0.717) is 13.0 Å². The van der Waals surface area contributed by atoms with Crippen molar-refractivity contribution in [2.24, 2.45) is 5.92 Å². The molecule has 118 valence electrons. The van der Waals surface area contributed by atoms with E-state index in [1.54, 1.807) is 11.9 Å². The highest BCUT2D eigenvalue weighted by Crippen LogP contribution is 2.18. The van der Waals surface area contributed by atoms with E-state index < -0.39 is 0 Å². The molecule has 0 aliphatic carbocycles. The maximum absolute atomic E-state index is 12.2. The average Bonchev–Trinajstić information content (AvgIpc) is 3.07. The SMILES string of the molecule is CN1CC(C(=O)NC2CCN(Cc3ccccc3)C2)CC1=O. The van der Waals surface area contributed by atoms with Gasteiger partial charge in [-0.25, -0.2) is 0 Å². The summed E-state index contributed by atoms with van der Waals surface area (Å²) in [5, 5.41) is 3.12. The smallest absolute Gasteiger partial charge is 0.225 e. The molecule has 2 unspecified atom stereocenters. The molecule has 3 rings (SSSR count). The standard InChI is InChI=1S/C17H23N3O2/c1-19-11-14(9-16(19)21)17(22)18-15-7-8-20(12-15)10-13-5-3-2-4-6-13/h2-6,14-15H,7-12H2,1H3,(H,18,22). The Morgan fingerprint density at radius 1 is 1.27 bits per heavy atom. The van der Waals surface area contributed by atoms with Gasteiger partial charge in [-0.3, -0.25) is 14.5 Å². The van der Waals surface area contributed by atoms with E-state index in [0.717, 1.165) is 26.1 Å². The highest BCUT2D eigenvalue weighted by atomic mass is 16.2. The van der Waals surface area contributed by atoms with Crippen molar-refractivity contribution in [3.63, 3.8) is 0 Å². The van der Waals surface area contributed by atoms with Crippen LogP contribution in [-0.4, -0.2) is 54.3 Å². The van der Waals surface area contributed by atoms with Crippen LogP contribution in [0.5, 0.6) is 0 Å². The first-order chi connectivity index (χ1) is 10.6. The summed E-state index contributed by atoms with van der Waals surface area (Å²) >= 11 is 0. The molecule has 22 heavy (non-hydrogen) atoms. The molecule has 0 saturated carbocycles. The Hall–Kier alpha value is -1.88. The minimum atomic E-state index is -0.180. The number of carbonyl (C=O) groups is 2. The first kappa shape index (κ1) is 15.0. The van der Waals surface area contributed by atoms with Gasteiger partial charge in [-0.05, 0) is 12.0 Å². The maximum Gasteiger partial charge on any atom is 0.225 e. The van der Waals surface area contributed by atoms with Crippen molar-refractivity contribution in [2.75, 3.05) is 26.7 Å². The zero-order valence-corrected chi connectivity index (χ0v) is 13.0. The lowest BCUT2D eigenvalue weighted by Gasteiger charge is -2.18. The summed E-state index contributed by atoms with van der Waals surface area (Å²) < 4.78 is 0. The molecule has 1 aromatic carbocycles. The third-order valence-electron chi connectivity index (χ3n) is 4.58. The Morgan fingerprint density at radius 3 is 2.73 bits per heavy atom. The normalized spacial score (nSPS) is 25.7. The fraction of sp³-hybridized carbons (Fsp3) is 0.529. The van der Waals surface area contributed by atoms with Gasteiger partial charge in [0.2, 0.25) is 11.8 Å². The van der Waals surface area contributed by atoms with Gasteiger partial charge in [-0.1, -0.05) is 30.3 Å². The number of amides is 2. The Kier molecular flexibility index (Phi) is 4.43. The lowest BCUT2D eigenvalue weighted by atomic mass is 10.1. The molecule has 1 N–H and O–H groups in total. The van der Waals surface area contributed by atoms with Crippen molar-refractivity contribution in [1.29, 1.82) is 0 Å². The Morgan fingerprint density at radius 2 is 2.05 bits per heavy atom. The predicted octanol–water partition coefficient (Wildman–Crippen LogP) is 0.855. The summed E-state index contributed by atoms with van der Waals surface area (Å²) in [6, 6.07) is 10.6. The van der Waals surface area contributed by atoms with E-state index in [4.69, 9.17) is 0 Å². The third kappa shape index (κ3) is 3.47. The van der Waals surface area contributed by atoms with E-state index in [1.165, 1.54) is 5.56 Å². The molecule has 2 heterocycles. The monoisotopic (exact) mass is 301 g/mol. The predicted molar refractivity (Wildman–Crippen MR) is 84.0 cm³/mol. The number of hydrogen-bond acceptors (Lipinski definition) is 3. The molecule has 2 amide bonds. The molecule has 2 saturated heterocycles. The first-order valence-corrected chi connectivity index (χ1v) is 7.92. The molecule has 1 aromatic rings. The van der Waals surface area contributed by atoms with Crippen LogP contribution in [0.1, 0.15) is 18.4 Å². The molecule has 2 atom stereocenters. The fourth-order valence-corrected chi connectivity index (χ4v) is 3.29. The van der Waals surface area contributed by atoms with Gasteiger partial charge in [0.1, 0.15) is 0 Å². The minimum absolute atomic E-state index is 0.0317. The van der Waals surface area contributed by atoms with E-state index in [9.17, 15) is 9.59 Å². The van der Waals surface area contributed by atoms with Gasteiger partial charge in [-0.15, -0.1) is 0 Å². The third-order valence-corrected chi connectivity index (χ3v) is 4.58. The minimum Gasteiger partial charge on any atom is -0.352 e.